The zero-order chi connectivity index (χ0) is 15.9. The Morgan fingerprint density at radius 2 is 1.55 bits per heavy atom. The number of fused-ring (bicyclic) bond motifs is 2. The second-order valence-corrected chi connectivity index (χ2v) is 5.57. The van der Waals surface area contributed by atoms with Crippen molar-refractivity contribution in [3.63, 3.8) is 0 Å². The number of ketones is 1. The van der Waals surface area contributed by atoms with E-state index in [9.17, 15) is 4.79 Å². The largest absolute Gasteiger partial charge is 0.493 e. The molecule has 0 atom stereocenters. The van der Waals surface area contributed by atoms with Crippen molar-refractivity contribution in [2.24, 2.45) is 0 Å². The molecule has 0 unspecified atom stereocenters. The van der Waals surface area contributed by atoms with Crippen LogP contribution in [0.15, 0.2) is 24.3 Å². The van der Waals surface area contributed by atoms with E-state index in [4.69, 9.17) is 9.47 Å². The maximum Gasteiger partial charge on any atom is 0.169 e. The van der Waals surface area contributed by atoms with Crippen LogP contribution in [0.3, 0.4) is 0 Å². The van der Waals surface area contributed by atoms with Gasteiger partial charge in [-0.3, -0.25) is 4.79 Å². The number of ether oxygens (including phenoxy) is 2. The van der Waals surface area contributed by atoms with Crippen LogP contribution in [0.2, 0.25) is 0 Å². The first-order valence-corrected chi connectivity index (χ1v) is 7.20. The van der Waals surface area contributed by atoms with Crippen LogP contribution in [0.25, 0.3) is 0 Å². The van der Waals surface area contributed by atoms with Crippen LogP contribution in [-0.2, 0) is 6.42 Å². The zero-order valence-corrected chi connectivity index (χ0v) is 13.2. The van der Waals surface area contributed by atoms with Crippen molar-refractivity contribution in [2.45, 2.75) is 20.3 Å². The molecular weight excluding hydrogens is 278 g/mol. The number of nitrogens with one attached hydrogen (secondary N) is 1. The molecule has 1 heterocycles. The first kappa shape index (κ1) is 14.4. The van der Waals surface area contributed by atoms with Crippen LogP contribution in [0.1, 0.15) is 27.0 Å². The molecule has 0 saturated heterocycles. The van der Waals surface area contributed by atoms with Crippen molar-refractivity contribution < 1.29 is 14.3 Å². The van der Waals surface area contributed by atoms with Gasteiger partial charge >= 0.3 is 0 Å². The topological polar surface area (TPSA) is 47.6 Å². The Hall–Kier alpha value is -2.49. The fraction of sp³-hybridized carbons (Fsp3) is 0.278. The van der Waals surface area contributed by atoms with Crippen molar-refractivity contribution in [2.75, 3.05) is 19.5 Å². The lowest BCUT2D eigenvalue weighted by Crippen LogP contribution is -2.04. The lowest BCUT2D eigenvalue weighted by Gasteiger charge is -2.14. The number of Topliss-reactive ketones (excluding diaryl/α,β-unsaturated/α-hetero) is 1. The van der Waals surface area contributed by atoms with E-state index in [1.165, 1.54) is 11.1 Å². The quantitative estimate of drug-likeness (QED) is 0.916. The van der Waals surface area contributed by atoms with E-state index in [1.54, 1.807) is 20.3 Å². The van der Waals surface area contributed by atoms with E-state index in [1.807, 2.05) is 6.07 Å². The molecule has 114 valence electrons. The molecule has 1 aliphatic heterocycles. The van der Waals surface area contributed by atoms with Gasteiger partial charge in [-0.25, -0.2) is 0 Å². The second kappa shape index (κ2) is 5.37. The van der Waals surface area contributed by atoms with Gasteiger partial charge in [-0.05, 0) is 42.7 Å². The molecule has 0 spiro atoms. The number of methoxy groups -OCH3 is 2. The fourth-order valence-electron chi connectivity index (χ4n) is 2.76. The molecule has 4 heteroatoms. The highest BCUT2D eigenvalue weighted by atomic mass is 16.5. The lowest BCUT2D eigenvalue weighted by molar-refractivity contribution is 0.0994. The van der Waals surface area contributed by atoms with Gasteiger partial charge in [0, 0.05) is 23.7 Å². The van der Waals surface area contributed by atoms with E-state index >= 15 is 0 Å². The number of benzene rings is 2. The van der Waals surface area contributed by atoms with Crippen molar-refractivity contribution in [3.05, 3.63) is 46.5 Å². The molecule has 0 fully saturated rings. The molecule has 0 amide bonds. The van der Waals surface area contributed by atoms with Crippen molar-refractivity contribution in [1.82, 2.24) is 0 Å². The molecule has 4 nitrogen and oxygen atoms in total. The average Bonchev–Trinajstić information content (AvgIpc) is 2.63. The van der Waals surface area contributed by atoms with E-state index in [0.717, 1.165) is 16.9 Å². The summed E-state index contributed by atoms with van der Waals surface area (Å²) in [6.07, 6.45) is 0.381. The molecule has 0 radical (unpaired) electrons. The number of hydrogen-bond donors (Lipinski definition) is 1. The van der Waals surface area contributed by atoms with Crippen LogP contribution in [0, 0.1) is 13.8 Å². The summed E-state index contributed by atoms with van der Waals surface area (Å²) < 4.78 is 10.6. The van der Waals surface area contributed by atoms with Gasteiger partial charge in [0.1, 0.15) is 0 Å². The number of aryl methyl sites for hydroxylation is 2. The maximum absolute atomic E-state index is 12.6. The predicted molar refractivity (Wildman–Crippen MR) is 86.8 cm³/mol. The Morgan fingerprint density at radius 3 is 2.23 bits per heavy atom. The van der Waals surface area contributed by atoms with Crippen LogP contribution in [0.5, 0.6) is 11.5 Å². The normalized spacial score (nSPS) is 12.8. The van der Waals surface area contributed by atoms with Gasteiger partial charge in [0.2, 0.25) is 0 Å². The molecule has 1 aliphatic rings. The van der Waals surface area contributed by atoms with Crippen molar-refractivity contribution >= 4 is 17.2 Å². The van der Waals surface area contributed by atoms with E-state index in [2.05, 4.69) is 31.3 Å². The maximum atomic E-state index is 12.6. The highest BCUT2D eigenvalue weighted by molar-refractivity contribution is 6.06. The third-order valence-electron chi connectivity index (χ3n) is 4.16. The molecule has 2 aromatic rings. The smallest absolute Gasteiger partial charge is 0.169 e. The summed E-state index contributed by atoms with van der Waals surface area (Å²) in [6, 6.07) is 7.73. The van der Waals surface area contributed by atoms with Gasteiger partial charge in [-0.15, -0.1) is 0 Å². The number of anilines is 2. The molecular formula is C18H19NO3. The number of rotatable bonds is 2. The van der Waals surface area contributed by atoms with Gasteiger partial charge < -0.3 is 14.8 Å². The zero-order valence-electron chi connectivity index (χ0n) is 13.2. The fourth-order valence-corrected chi connectivity index (χ4v) is 2.76. The summed E-state index contributed by atoms with van der Waals surface area (Å²) in [7, 11) is 3.16. The summed E-state index contributed by atoms with van der Waals surface area (Å²) in [5.41, 5.74) is 5.76. The minimum atomic E-state index is 0.0745. The van der Waals surface area contributed by atoms with Crippen LogP contribution >= 0.6 is 0 Å². The Kier molecular flexibility index (Phi) is 3.53. The third kappa shape index (κ3) is 2.30. The SMILES string of the molecule is COc1cc2c(cc1OC)C(=O)Cc1cc(C)c(C)cc1N2. The minimum absolute atomic E-state index is 0.0745. The molecule has 0 saturated carbocycles. The summed E-state index contributed by atoms with van der Waals surface area (Å²) in [6.45, 7) is 4.13. The minimum Gasteiger partial charge on any atom is -0.493 e. The van der Waals surface area contributed by atoms with Crippen LogP contribution in [-0.4, -0.2) is 20.0 Å². The Bertz CT molecular complexity index is 765. The van der Waals surface area contributed by atoms with Crippen LogP contribution < -0.4 is 14.8 Å². The molecule has 0 aromatic heterocycles. The molecule has 22 heavy (non-hydrogen) atoms. The Balaban J connectivity index is 2.17. The predicted octanol–water partition coefficient (Wildman–Crippen LogP) is 3.80. The number of carbonyl (C=O) groups is 1. The van der Waals surface area contributed by atoms with E-state index in [-0.39, 0.29) is 5.78 Å². The summed E-state index contributed by atoms with van der Waals surface area (Å²) in [4.78, 5) is 12.6. The summed E-state index contributed by atoms with van der Waals surface area (Å²) in [5.74, 6) is 1.24. The second-order valence-electron chi connectivity index (χ2n) is 5.57. The van der Waals surface area contributed by atoms with Crippen molar-refractivity contribution in [1.29, 1.82) is 0 Å². The first-order valence-electron chi connectivity index (χ1n) is 7.20. The number of hydrogen-bond acceptors (Lipinski definition) is 4. The molecule has 1 N–H and O–H groups in total. The lowest BCUT2D eigenvalue weighted by atomic mass is 9.99. The van der Waals surface area contributed by atoms with Crippen molar-refractivity contribution in [3.8, 4) is 11.5 Å². The van der Waals surface area contributed by atoms with Crippen LogP contribution in [0.4, 0.5) is 11.4 Å². The van der Waals surface area contributed by atoms with Gasteiger partial charge in [0.15, 0.2) is 17.3 Å². The average molecular weight is 297 g/mol. The van der Waals surface area contributed by atoms with Gasteiger partial charge in [-0.2, -0.15) is 0 Å². The molecule has 3 rings (SSSR count). The summed E-state index contributed by atoms with van der Waals surface area (Å²) >= 11 is 0. The molecule has 0 bridgehead atoms. The molecule has 2 aromatic carbocycles. The van der Waals surface area contributed by atoms with Gasteiger partial charge in [-0.1, -0.05) is 6.07 Å². The van der Waals surface area contributed by atoms with E-state index < -0.39 is 0 Å². The number of carbonyl (C=O) groups excluding carboxylic acids is 1. The summed E-state index contributed by atoms with van der Waals surface area (Å²) in [5, 5.41) is 3.37. The molecule has 0 aliphatic carbocycles. The van der Waals surface area contributed by atoms with Gasteiger partial charge in [0.05, 0.1) is 19.9 Å². The standard InChI is InChI=1S/C18H19NO3/c1-10-5-12-7-16(20)13-8-17(21-3)18(22-4)9-15(13)19-14(12)6-11(10)2/h5-6,8-9,19H,7H2,1-4H3. The Morgan fingerprint density at radius 1 is 0.909 bits per heavy atom. The Labute approximate surface area is 130 Å². The highest BCUT2D eigenvalue weighted by Gasteiger charge is 2.22. The monoisotopic (exact) mass is 297 g/mol. The third-order valence-corrected chi connectivity index (χ3v) is 4.16. The van der Waals surface area contributed by atoms with Gasteiger partial charge in [0.25, 0.3) is 0 Å². The van der Waals surface area contributed by atoms with E-state index in [0.29, 0.717) is 23.5 Å². The first-order chi connectivity index (χ1) is 10.5. The highest BCUT2D eigenvalue weighted by Crippen LogP contribution is 2.38.